The monoisotopic (exact) mass is 415 g/mol. The maximum atomic E-state index is 14.1. The molecule has 0 aliphatic carbocycles. The minimum absolute atomic E-state index is 0.0658. The van der Waals surface area contributed by atoms with Crippen LogP contribution >= 0.6 is 0 Å². The van der Waals surface area contributed by atoms with Crippen LogP contribution in [0.3, 0.4) is 0 Å². The number of halogens is 1. The number of ether oxygens (including phenoxy) is 1. The Bertz CT molecular complexity index is 798. The van der Waals surface area contributed by atoms with Crippen LogP contribution in [-0.4, -0.2) is 29.3 Å². The second-order valence-corrected chi connectivity index (χ2v) is 9.05. The van der Waals surface area contributed by atoms with Gasteiger partial charge in [0.05, 0.1) is 0 Å². The molecule has 1 heterocycles. The average Bonchev–Trinajstić information content (AvgIpc) is 2.64. The van der Waals surface area contributed by atoms with Gasteiger partial charge in [-0.25, -0.2) is 9.18 Å². The molecule has 30 heavy (non-hydrogen) atoms. The Balaban J connectivity index is 1.91. The first-order valence-electron chi connectivity index (χ1n) is 10.4. The zero-order valence-electron chi connectivity index (χ0n) is 18.7. The van der Waals surface area contributed by atoms with E-state index in [0.717, 1.165) is 24.0 Å². The molecule has 0 spiro atoms. The van der Waals surface area contributed by atoms with Gasteiger partial charge in [-0.2, -0.15) is 0 Å². The first-order valence-corrected chi connectivity index (χ1v) is 10.4. The Morgan fingerprint density at radius 3 is 2.43 bits per heavy atom. The summed E-state index contributed by atoms with van der Waals surface area (Å²) in [5.41, 5.74) is 0.692. The molecule has 2 rings (SSSR count). The number of carbonyl (C=O) groups excluding carboxylic acids is 1. The third-order valence-corrected chi connectivity index (χ3v) is 4.53. The Morgan fingerprint density at radius 2 is 1.80 bits per heavy atom. The molecule has 0 saturated heterocycles. The Kier molecular flexibility index (Phi) is 8.35. The van der Waals surface area contributed by atoms with Crippen molar-refractivity contribution in [3.8, 4) is 0 Å². The maximum Gasteiger partial charge on any atom is 0.407 e. The number of aromatic nitrogens is 1. The van der Waals surface area contributed by atoms with Crippen molar-refractivity contribution < 1.29 is 13.9 Å². The van der Waals surface area contributed by atoms with Gasteiger partial charge in [0.25, 0.3) is 0 Å². The van der Waals surface area contributed by atoms with E-state index < -0.39 is 17.4 Å². The predicted molar refractivity (Wildman–Crippen MR) is 118 cm³/mol. The van der Waals surface area contributed by atoms with Crippen molar-refractivity contribution in [1.82, 2.24) is 15.6 Å². The third-order valence-electron chi connectivity index (χ3n) is 4.53. The van der Waals surface area contributed by atoms with Crippen molar-refractivity contribution in [1.29, 1.82) is 0 Å². The smallest absolute Gasteiger partial charge is 0.407 e. The molecule has 0 aliphatic heterocycles. The van der Waals surface area contributed by atoms with Crippen molar-refractivity contribution in [3.63, 3.8) is 0 Å². The molecule has 0 saturated carbocycles. The van der Waals surface area contributed by atoms with Gasteiger partial charge < -0.3 is 15.4 Å². The molecule has 1 aromatic heterocycles. The first kappa shape index (κ1) is 23.8. The van der Waals surface area contributed by atoms with Crippen LogP contribution in [0.15, 0.2) is 48.8 Å². The number of amides is 1. The molecule has 1 aromatic carbocycles. The number of hydrogen-bond acceptors (Lipinski definition) is 4. The predicted octanol–water partition coefficient (Wildman–Crippen LogP) is 4.90. The summed E-state index contributed by atoms with van der Waals surface area (Å²) in [5, 5.41) is 6.35. The molecular formula is C24H34FN3O2. The van der Waals surface area contributed by atoms with Crippen molar-refractivity contribution in [3.05, 3.63) is 65.5 Å². The van der Waals surface area contributed by atoms with Crippen LogP contribution in [0.5, 0.6) is 0 Å². The summed E-state index contributed by atoms with van der Waals surface area (Å²) in [7, 11) is 0. The molecule has 5 nitrogen and oxygen atoms in total. The zero-order chi connectivity index (χ0) is 22.2. The minimum Gasteiger partial charge on any atom is -0.444 e. The fourth-order valence-electron chi connectivity index (χ4n) is 3.02. The summed E-state index contributed by atoms with van der Waals surface area (Å²) in [6, 6.07) is 11.8. The zero-order valence-corrected chi connectivity index (χ0v) is 18.7. The van der Waals surface area contributed by atoms with E-state index in [9.17, 15) is 9.18 Å². The van der Waals surface area contributed by atoms with Gasteiger partial charge in [-0.05, 0) is 71.2 Å². The highest BCUT2D eigenvalue weighted by Gasteiger charge is 2.20. The number of hydrogen-bond donors (Lipinski definition) is 2. The van der Waals surface area contributed by atoms with Crippen molar-refractivity contribution in [2.75, 3.05) is 6.54 Å². The van der Waals surface area contributed by atoms with Gasteiger partial charge in [0, 0.05) is 30.5 Å². The lowest BCUT2D eigenvalue weighted by Crippen LogP contribution is -2.41. The summed E-state index contributed by atoms with van der Waals surface area (Å²) in [6.07, 6.45) is 4.34. The standard InChI is InChI=1S/C24H34FN3O2/c1-23(2,3)30-22(29)28-21(14-18-9-7-6-8-10-18)11-12-26-15-19-13-20(17-27-16-19)24(4,5)25/h6-10,13,16-17,21,26H,11-12,14-15H2,1-5H3,(H,28,29)/t21-/m1/s1. The molecule has 6 heteroatoms. The van der Waals surface area contributed by atoms with E-state index in [1.54, 1.807) is 12.4 Å². The molecule has 0 bridgehead atoms. The highest BCUT2D eigenvalue weighted by Crippen LogP contribution is 2.24. The number of carbonyl (C=O) groups is 1. The fourth-order valence-corrected chi connectivity index (χ4v) is 3.02. The molecule has 0 radical (unpaired) electrons. The number of alkyl carbamates (subject to hydrolysis) is 1. The van der Waals surface area contributed by atoms with E-state index in [1.807, 2.05) is 57.2 Å². The second-order valence-electron chi connectivity index (χ2n) is 9.05. The highest BCUT2D eigenvalue weighted by atomic mass is 19.1. The van der Waals surface area contributed by atoms with Crippen LogP contribution in [0.2, 0.25) is 0 Å². The van der Waals surface area contributed by atoms with E-state index in [2.05, 4.69) is 15.6 Å². The van der Waals surface area contributed by atoms with Gasteiger partial charge in [-0.3, -0.25) is 4.98 Å². The lowest BCUT2D eigenvalue weighted by atomic mass is 10.0. The molecule has 2 N–H and O–H groups in total. The topological polar surface area (TPSA) is 63.2 Å². The number of rotatable bonds is 9. The van der Waals surface area contributed by atoms with Crippen molar-refractivity contribution >= 4 is 6.09 Å². The average molecular weight is 416 g/mol. The summed E-state index contributed by atoms with van der Waals surface area (Å²) < 4.78 is 19.5. The summed E-state index contributed by atoms with van der Waals surface area (Å²) in [5.74, 6) is 0. The molecular weight excluding hydrogens is 381 g/mol. The fraction of sp³-hybridized carbons (Fsp3) is 0.500. The number of benzene rings is 1. The van der Waals surface area contributed by atoms with Gasteiger partial charge in [0.1, 0.15) is 11.3 Å². The number of pyridine rings is 1. The Labute approximate surface area is 179 Å². The quantitative estimate of drug-likeness (QED) is 0.572. The normalized spacial score (nSPS) is 13.0. The van der Waals surface area contributed by atoms with Crippen LogP contribution in [-0.2, 0) is 23.4 Å². The molecule has 0 unspecified atom stereocenters. The molecule has 0 aliphatic rings. The van der Waals surface area contributed by atoms with Crippen LogP contribution in [0.25, 0.3) is 0 Å². The SMILES string of the molecule is CC(C)(C)OC(=O)N[C@H](CCNCc1cncc(C(C)(C)F)c1)Cc1ccccc1. The summed E-state index contributed by atoms with van der Waals surface area (Å²) in [6.45, 7) is 9.87. The van der Waals surface area contributed by atoms with Crippen LogP contribution < -0.4 is 10.6 Å². The molecule has 1 amide bonds. The van der Waals surface area contributed by atoms with Gasteiger partial charge in [0.2, 0.25) is 0 Å². The summed E-state index contributed by atoms with van der Waals surface area (Å²) >= 11 is 0. The second kappa shape index (κ2) is 10.5. The molecule has 0 fully saturated rings. The molecule has 164 valence electrons. The van der Waals surface area contributed by atoms with E-state index in [-0.39, 0.29) is 6.04 Å². The van der Waals surface area contributed by atoms with Crippen LogP contribution in [0, 0.1) is 0 Å². The third kappa shape index (κ3) is 8.91. The minimum atomic E-state index is -1.42. The molecule has 1 atom stereocenters. The maximum absolute atomic E-state index is 14.1. The van der Waals surface area contributed by atoms with Gasteiger partial charge in [-0.1, -0.05) is 30.3 Å². The number of nitrogens with zero attached hydrogens (tertiary/aromatic N) is 1. The van der Waals surface area contributed by atoms with E-state index in [4.69, 9.17) is 4.74 Å². The van der Waals surface area contributed by atoms with E-state index >= 15 is 0 Å². The number of alkyl halides is 1. The van der Waals surface area contributed by atoms with E-state index in [0.29, 0.717) is 18.7 Å². The van der Waals surface area contributed by atoms with Crippen molar-refractivity contribution in [2.45, 2.75) is 71.3 Å². The van der Waals surface area contributed by atoms with Gasteiger partial charge >= 0.3 is 6.09 Å². The lowest BCUT2D eigenvalue weighted by Gasteiger charge is -2.24. The first-order chi connectivity index (χ1) is 14.0. The summed E-state index contributed by atoms with van der Waals surface area (Å²) in [4.78, 5) is 16.4. The van der Waals surface area contributed by atoms with E-state index in [1.165, 1.54) is 13.8 Å². The lowest BCUT2D eigenvalue weighted by molar-refractivity contribution is 0.0502. The Morgan fingerprint density at radius 1 is 1.10 bits per heavy atom. The Hall–Kier alpha value is -2.47. The van der Waals surface area contributed by atoms with Gasteiger partial charge in [0.15, 0.2) is 0 Å². The molecule has 2 aromatic rings. The van der Waals surface area contributed by atoms with Crippen molar-refractivity contribution in [2.24, 2.45) is 0 Å². The van der Waals surface area contributed by atoms with Crippen LogP contribution in [0.1, 0.15) is 57.7 Å². The number of nitrogens with one attached hydrogen (secondary N) is 2. The highest BCUT2D eigenvalue weighted by molar-refractivity contribution is 5.68. The largest absolute Gasteiger partial charge is 0.444 e. The van der Waals surface area contributed by atoms with Crippen LogP contribution in [0.4, 0.5) is 9.18 Å². The van der Waals surface area contributed by atoms with Gasteiger partial charge in [-0.15, -0.1) is 0 Å².